The van der Waals surface area contributed by atoms with Crippen LogP contribution < -0.4 is 0 Å². The first-order valence-corrected chi connectivity index (χ1v) is 4.29. The van der Waals surface area contributed by atoms with Crippen molar-refractivity contribution >= 4 is 17.6 Å². The van der Waals surface area contributed by atoms with Crippen LogP contribution in [0.3, 0.4) is 0 Å². The molecule has 1 aromatic heterocycles. The molecule has 0 bridgehead atoms. The Labute approximate surface area is 81.4 Å². The minimum atomic E-state index is -0.965. The number of carboxylic acid groups (broad SMARTS) is 1. The average Bonchev–Trinajstić information content (AvgIpc) is 2.03. The molecule has 0 aliphatic carbocycles. The van der Waals surface area contributed by atoms with Crippen molar-refractivity contribution in [1.82, 2.24) is 4.98 Å². The number of carbonyl (C=O) groups is 1. The van der Waals surface area contributed by atoms with Crippen LogP contribution in [0.25, 0.3) is 0 Å². The first-order valence-electron chi connectivity index (χ1n) is 3.91. The maximum absolute atomic E-state index is 10.8. The van der Waals surface area contributed by atoms with E-state index in [1.54, 1.807) is 0 Å². The van der Waals surface area contributed by atoms with Crippen molar-refractivity contribution in [1.29, 1.82) is 0 Å². The second-order valence-electron chi connectivity index (χ2n) is 3.05. The number of rotatable bonds is 2. The van der Waals surface area contributed by atoms with E-state index in [9.17, 15) is 4.79 Å². The fraction of sp³-hybridized carbons (Fsp3) is 0.333. The molecule has 0 saturated carbocycles. The SMILES string of the molecule is CC(C)c1cnc(Cl)cc1C(=O)O. The van der Waals surface area contributed by atoms with Crippen LogP contribution in [0.1, 0.15) is 35.7 Å². The molecule has 0 aliphatic rings. The second-order valence-corrected chi connectivity index (χ2v) is 3.44. The summed E-state index contributed by atoms with van der Waals surface area (Å²) in [6.45, 7) is 3.83. The van der Waals surface area contributed by atoms with Gasteiger partial charge in [0.05, 0.1) is 5.56 Å². The van der Waals surface area contributed by atoms with E-state index in [2.05, 4.69) is 4.98 Å². The van der Waals surface area contributed by atoms with Crippen LogP contribution in [0.15, 0.2) is 12.3 Å². The number of hydrogen-bond donors (Lipinski definition) is 1. The molecule has 0 amide bonds. The molecule has 1 N–H and O–H groups in total. The summed E-state index contributed by atoms with van der Waals surface area (Å²) in [4.78, 5) is 14.6. The molecule has 0 atom stereocenters. The van der Waals surface area contributed by atoms with Crippen molar-refractivity contribution in [2.45, 2.75) is 19.8 Å². The molecule has 0 aromatic carbocycles. The largest absolute Gasteiger partial charge is 0.478 e. The molecule has 70 valence electrons. The van der Waals surface area contributed by atoms with Crippen molar-refractivity contribution < 1.29 is 9.90 Å². The van der Waals surface area contributed by atoms with E-state index in [0.717, 1.165) is 0 Å². The average molecular weight is 200 g/mol. The molecule has 0 spiro atoms. The molecule has 0 fully saturated rings. The van der Waals surface area contributed by atoms with Crippen molar-refractivity contribution in [2.24, 2.45) is 0 Å². The third-order valence-electron chi connectivity index (χ3n) is 1.75. The molecule has 13 heavy (non-hydrogen) atoms. The Hall–Kier alpha value is -1.09. The van der Waals surface area contributed by atoms with E-state index in [1.165, 1.54) is 12.3 Å². The van der Waals surface area contributed by atoms with Gasteiger partial charge in [-0.1, -0.05) is 25.4 Å². The van der Waals surface area contributed by atoms with Gasteiger partial charge in [-0.05, 0) is 17.5 Å². The Kier molecular flexibility index (Phi) is 2.88. The number of nitrogens with zero attached hydrogens (tertiary/aromatic N) is 1. The number of halogens is 1. The third-order valence-corrected chi connectivity index (χ3v) is 1.96. The fourth-order valence-corrected chi connectivity index (χ4v) is 1.24. The van der Waals surface area contributed by atoms with E-state index in [4.69, 9.17) is 16.7 Å². The van der Waals surface area contributed by atoms with Gasteiger partial charge in [-0.25, -0.2) is 9.78 Å². The molecule has 1 rings (SSSR count). The summed E-state index contributed by atoms with van der Waals surface area (Å²) in [6, 6.07) is 1.37. The number of carboxylic acids is 1. The lowest BCUT2D eigenvalue weighted by Crippen LogP contribution is -2.04. The summed E-state index contributed by atoms with van der Waals surface area (Å²) in [5.74, 6) is -0.830. The lowest BCUT2D eigenvalue weighted by Gasteiger charge is -2.08. The highest BCUT2D eigenvalue weighted by Gasteiger charge is 2.13. The summed E-state index contributed by atoms with van der Waals surface area (Å²) < 4.78 is 0. The second kappa shape index (κ2) is 3.75. The van der Waals surface area contributed by atoms with Gasteiger partial charge in [0.1, 0.15) is 5.15 Å². The van der Waals surface area contributed by atoms with E-state index in [-0.39, 0.29) is 16.6 Å². The Balaban J connectivity index is 3.27. The van der Waals surface area contributed by atoms with Gasteiger partial charge in [-0.2, -0.15) is 0 Å². The molecular weight excluding hydrogens is 190 g/mol. The Bertz CT molecular complexity index is 336. The van der Waals surface area contributed by atoms with Gasteiger partial charge in [0.2, 0.25) is 0 Å². The van der Waals surface area contributed by atoms with E-state index in [1.807, 2.05) is 13.8 Å². The summed E-state index contributed by atoms with van der Waals surface area (Å²) in [5.41, 5.74) is 0.937. The quantitative estimate of drug-likeness (QED) is 0.745. The number of aromatic carboxylic acids is 1. The lowest BCUT2D eigenvalue weighted by atomic mass is 10.00. The van der Waals surface area contributed by atoms with Gasteiger partial charge in [0.15, 0.2) is 0 Å². The molecule has 3 nitrogen and oxygen atoms in total. The van der Waals surface area contributed by atoms with Crippen LogP contribution in [0.2, 0.25) is 5.15 Å². The normalized spacial score (nSPS) is 10.5. The van der Waals surface area contributed by atoms with Crippen molar-refractivity contribution in [3.8, 4) is 0 Å². The molecule has 0 aliphatic heterocycles. The fourth-order valence-electron chi connectivity index (χ4n) is 1.09. The summed E-state index contributed by atoms with van der Waals surface area (Å²) in [5, 5.41) is 9.06. The zero-order chi connectivity index (χ0) is 10.0. The van der Waals surface area contributed by atoms with Crippen LogP contribution in [-0.2, 0) is 0 Å². The highest BCUT2D eigenvalue weighted by molar-refractivity contribution is 6.29. The van der Waals surface area contributed by atoms with Crippen LogP contribution in [0.4, 0.5) is 0 Å². The smallest absolute Gasteiger partial charge is 0.336 e. The van der Waals surface area contributed by atoms with Gasteiger partial charge in [-0.15, -0.1) is 0 Å². The first kappa shape index (κ1) is 9.99. The molecule has 1 aromatic rings. The third kappa shape index (κ3) is 2.18. The number of aromatic nitrogens is 1. The molecule has 1 heterocycles. The minimum Gasteiger partial charge on any atom is -0.478 e. The van der Waals surface area contributed by atoms with Crippen LogP contribution in [0.5, 0.6) is 0 Å². The van der Waals surface area contributed by atoms with Gasteiger partial charge in [-0.3, -0.25) is 0 Å². The van der Waals surface area contributed by atoms with Gasteiger partial charge in [0, 0.05) is 6.20 Å². The summed E-state index contributed by atoms with van der Waals surface area (Å²) in [6.07, 6.45) is 1.51. The van der Waals surface area contributed by atoms with Crippen molar-refractivity contribution in [3.63, 3.8) is 0 Å². The van der Waals surface area contributed by atoms with E-state index < -0.39 is 5.97 Å². The topological polar surface area (TPSA) is 50.2 Å². The zero-order valence-corrected chi connectivity index (χ0v) is 8.17. The van der Waals surface area contributed by atoms with Gasteiger partial charge >= 0.3 is 5.97 Å². The van der Waals surface area contributed by atoms with E-state index >= 15 is 0 Å². The Morgan fingerprint density at radius 2 is 2.23 bits per heavy atom. The molecule has 0 radical (unpaired) electrons. The van der Waals surface area contributed by atoms with Crippen molar-refractivity contribution in [2.75, 3.05) is 0 Å². The maximum Gasteiger partial charge on any atom is 0.336 e. The molecule has 0 saturated heterocycles. The zero-order valence-electron chi connectivity index (χ0n) is 7.41. The molecule has 4 heteroatoms. The van der Waals surface area contributed by atoms with Crippen LogP contribution in [-0.4, -0.2) is 16.1 Å². The monoisotopic (exact) mass is 199 g/mol. The highest BCUT2D eigenvalue weighted by atomic mass is 35.5. The van der Waals surface area contributed by atoms with E-state index in [0.29, 0.717) is 5.56 Å². The number of pyridine rings is 1. The first-order chi connectivity index (χ1) is 6.02. The highest BCUT2D eigenvalue weighted by Crippen LogP contribution is 2.20. The Morgan fingerprint density at radius 1 is 1.62 bits per heavy atom. The van der Waals surface area contributed by atoms with Gasteiger partial charge in [0.25, 0.3) is 0 Å². The molecule has 0 unspecified atom stereocenters. The summed E-state index contributed by atoms with van der Waals surface area (Å²) in [7, 11) is 0. The lowest BCUT2D eigenvalue weighted by molar-refractivity contribution is 0.0695. The molecular formula is C9H10ClNO2. The minimum absolute atomic E-state index is 0.135. The van der Waals surface area contributed by atoms with Gasteiger partial charge < -0.3 is 5.11 Å². The number of hydrogen-bond acceptors (Lipinski definition) is 2. The predicted molar refractivity (Wildman–Crippen MR) is 50.3 cm³/mol. The summed E-state index contributed by atoms with van der Waals surface area (Å²) >= 11 is 5.59. The van der Waals surface area contributed by atoms with Crippen LogP contribution in [0, 0.1) is 0 Å². The standard InChI is InChI=1S/C9H10ClNO2/c1-5(2)7-4-11-8(10)3-6(7)9(12)13/h3-5H,1-2H3,(H,12,13). The Morgan fingerprint density at radius 3 is 2.69 bits per heavy atom. The van der Waals surface area contributed by atoms with Crippen LogP contribution >= 0.6 is 11.6 Å². The maximum atomic E-state index is 10.8. The predicted octanol–water partition coefficient (Wildman–Crippen LogP) is 2.56. The van der Waals surface area contributed by atoms with Crippen molar-refractivity contribution in [3.05, 3.63) is 28.5 Å².